The number of piperazine rings is 1. The van der Waals surface area contributed by atoms with Gasteiger partial charge in [-0.05, 0) is 45.0 Å². The Balaban J connectivity index is 1.52. The van der Waals surface area contributed by atoms with Crippen molar-refractivity contribution in [1.82, 2.24) is 24.8 Å². The maximum Gasteiger partial charge on any atom is 0.416 e. The number of aliphatic carboxylic acids is 1. The van der Waals surface area contributed by atoms with Crippen molar-refractivity contribution in [2.45, 2.75) is 58.8 Å². The Labute approximate surface area is 257 Å². The van der Waals surface area contributed by atoms with E-state index in [0.29, 0.717) is 61.0 Å². The molecule has 0 bridgehead atoms. The number of hydrogen-bond acceptors (Lipinski definition) is 9. The molecule has 238 valence electrons. The lowest BCUT2D eigenvalue weighted by Crippen LogP contribution is -2.47. The predicted octanol–water partition coefficient (Wildman–Crippen LogP) is 5.40. The Morgan fingerprint density at radius 1 is 1.09 bits per heavy atom. The minimum Gasteiger partial charge on any atom is -0.481 e. The van der Waals surface area contributed by atoms with E-state index >= 15 is 0 Å². The number of halogens is 4. The minimum absolute atomic E-state index is 0.00896. The molecule has 44 heavy (non-hydrogen) atoms. The van der Waals surface area contributed by atoms with Crippen LogP contribution in [0.15, 0.2) is 30.6 Å². The van der Waals surface area contributed by atoms with Crippen molar-refractivity contribution >= 4 is 28.9 Å². The molecule has 0 spiro atoms. The van der Waals surface area contributed by atoms with Crippen LogP contribution in [-0.2, 0) is 23.9 Å². The molecule has 1 fully saturated rings. The Morgan fingerprint density at radius 2 is 1.82 bits per heavy atom. The molecule has 0 radical (unpaired) electrons. The Hall–Kier alpha value is -3.49. The average Bonchev–Trinajstić information content (AvgIpc) is 3.37. The average molecular weight is 637 g/mol. The van der Waals surface area contributed by atoms with Crippen molar-refractivity contribution < 1.29 is 32.3 Å². The van der Waals surface area contributed by atoms with E-state index in [0.717, 1.165) is 25.1 Å². The Morgan fingerprint density at radius 3 is 2.41 bits per heavy atom. The van der Waals surface area contributed by atoms with Crippen LogP contribution >= 0.6 is 11.3 Å². The van der Waals surface area contributed by atoms with Gasteiger partial charge in [-0.25, -0.2) is 19.3 Å². The van der Waals surface area contributed by atoms with E-state index in [2.05, 4.69) is 24.8 Å². The van der Waals surface area contributed by atoms with Crippen LogP contribution in [0.4, 0.5) is 23.4 Å². The smallest absolute Gasteiger partial charge is 0.416 e. The molecule has 2 aromatic heterocycles. The summed E-state index contributed by atoms with van der Waals surface area (Å²) in [7, 11) is 0. The van der Waals surface area contributed by atoms with Crippen LogP contribution in [0.1, 0.15) is 59.5 Å². The van der Waals surface area contributed by atoms with E-state index in [1.54, 1.807) is 0 Å². The zero-order chi connectivity index (χ0) is 32.0. The van der Waals surface area contributed by atoms with E-state index in [-0.39, 0.29) is 41.6 Å². The first-order chi connectivity index (χ1) is 20.8. The van der Waals surface area contributed by atoms with E-state index < -0.39 is 23.5 Å². The molecule has 1 N–H and O–H groups in total. The van der Waals surface area contributed by atoms with Crippen LogP contribution in [0.3, 0.4) is 0 Å². The van der Waals surface area contributed by atoms with Gasteiger partial charge in [-0.15, -0.1) is 11.3 Å². The van der Waals surface area contributed by atoms with Crippen LogP contribution in [-0.4, -0.2) is 86.9 Å². The number of rotatable bonds is 13. The summed E-state index contributed by atoms with van der Waals surface area (Å²) in [5.41, 5.74) is -0.731. The summed E-state index contributed by atoms with van der Waals surface area (Å²) in [5.74, 6) is -1.59. The van der Waals surface area contributed by atoms with Gasteiger partial charge in [0.15, 0.2) is 5.78 Å². The third-order valence-corrected chi connectivity index (χ3v) is 8.44. The van der Waals surface area contributed by atoms with Gasteiger partial charge in [0, 0.05) is 55.8 Å². The molecule has 1 aliphatic heterocycles. The standard InChI is InChI=1S/C30H36F4N6O3S/c1-4-6-40(19(2)3)18-25-29(20-12-21(30(32,33)34)14-22(31)13-20)37-27(44-25)15-24(41)23-16-36-26(17-35-23)39-10-8-38(9-11-39)7-5-28(42)43/h12-14,16-17,19H,4-11,15,18H2,1-3H3,(H,42,43). The van der Waals surface area contributed by atoms with Crippen LogP contribution < -0.4 is 4.90 Å². The van der Waals surface area contributed by atoms with Gasteiger partial charge in [0.2, 0.25) is 0 Å². The first-order valence-electron chi connectivity index (χ1n) is 14.5. The highest BCUT2D eigenvalue weighted by Gasteiger charge is 2.32. The number of nitrogens with zero attached hydrogens (tertiary/aromatic N) is 6. The number of anilines is 1. The summed E-state index contributed by atoms with van der Waals surface area (Å²) in [5, 5.41) is 9.28. The van der Waals surface area contributed by atoms with Gasteiger partial charge in [-0.2, -0.15) is 13.2 Å². The van der Waals surface area contributed by atoms with Crippen molar-refractivity contribution in [1.29, 1.82) is 0 Å². The predicted molar refractivity (Wildman–Crippen MR) is 159 cm³/mol. The van der Waals surface area contributed by atoms with Crippen LogP contribution in [0.2, 0.25) is 0 Å². The van der Waals surface area contributed by atoms with Crippen molar-refractivity contribution in [2.75, 3.05) is 44.2 Å². The molecular formula is C30H36F4N6O3S. The molecule has 3 aromatic rings. The number of carbonyl (C=O) groups is 2. The molecule has 1 saturated heterocycles. The Bertz CT molecular complexity index is 1440. The molecule has 0 unspecified atom stereocenters. The molecule has 0 aliphatic carbocycles. The highest BCUT2D eigenvalue weighted by molar-refractivity contribution is 7.12. The maximum atomic E-state index is 14.3. The second kappa shape index (κ2) is 14.5. The maximum absolute atomic E-state index is 14.3. The monoisotopic (exact) mass is 636 g/mol. The van der Waals surface area contributed by atoms with Crippen molar-refractivity contribution in [3.8, 4) is 11.3 Å². The lowest BCUT2D eigenvalue weighted by Gasteiger charge is -2.34. The SMILES string of the molecule is CCCN(Cc1sc(CC(=O)c2cnc(N3CCN(CCC(=O)O)CC3)cn2)nc1-c1cc(F)cc(C(F)(F)F)c1)C(C)C. The van der Waals surface area contributed by atoms with Gasteiger partial charge in [-0.1, -0.05) is 6.92 Å². The van der Waals surface area contributed by atoms with Crippen LogP contribution in [0.25, 0.3) is 11.3 Å². The fourth-order valence-corrected chi connectivity index (χ4v) is 6.12. The molecule has 4 rings (SSSR count). The summed E-state index contributed by atoms with van der Waals surface area (Å²) in [6.07, 6.45) is -0.986. The quantitative estimate of drug-likeness (QED) is 0.195. The molecule has 9 nitrogen and oxygen atoms in total. The number of carbonyl (C=O) groups excluding carboxylic acids is 1. The number of Topliss-reactive ketones (excluding diaryl/α,β-unsaturated/α-hetero) is 1. The summed E-state index contributed by atoms with van der Waals surface area (Å²) >= 11 is 1.22. The summed E-state index contributed by atoms with van der Waals surface area (Å²) in [4.78, 5) is 44.2. The first kappa shape index (κ1) is 33.4. The molecule has 0 amide bonds. The topological polar surface area (TPSA) is 103 Å². The number of carboxylic acid groups (broad SMARTS) is 1. The van der Waals surface area contributed by atoms with Gasteiger partial charge in [0.05, 0.1) is 36.5 Å². The van der Waals surface area contributed by atoms with E-state index in [1.807, 2.05) is 25.7 Å². The van der Waals surface area contributed by atoms with E-state index in [1.165, 1.54) is 23.7 Å². The molecule has 0 atom stereocenters. The first-order valence-corrected chi connectivity index (χ1v) is 15.3. The van der Waals surface area contributed by atoms with Gasteiger partial charge in [0.25, 0.3) is 0 Å². The zero-order valence-corrected chi connectivity index (χ0v) is 25.7. The molecule has 1 aromatic carbocycles. The summed E-state index contributed by atoms with van der Waals surface area (Å²) in [6.45, 7) is 10.4. The van der Waals surface area contributed by atoms with Gasteiger partial charge < -0.3 is 10.0 Å². The number of thiazole rings is 1. The van der Waals surface area contributed by atoms with Crippen molar-refractivity contribution in [2.24, 2.45) is 0 Å². The largest absolute Gasteiger partial charge is 0.481 e. The Kier molecular flexibility index (Phi) is 11.0. The number of carboxylic acids is 1. The van der Waals surface area contributed by atoms with Crippen molar-refractivity contribution in [3.05, 3.63) is 57.6 Å². The molecule has 1 aliphatic rings. The number of aromatic nitrogens is 3. The number of ketones is 1. The van der Waals surface area contributed by atoms with E-state index in [9.17, 15) is 27.2 Å². The van der Waals surface area contributed by atoms with Crippen LogP contribution in [0.5, 0.6) is 0 Å². The minimum atomic E-state index is -4.73. The lowest BCUT2D eigenvalue weighted by molar-refractivity contribution is -0.138. The summed E-state index contributed by atoms with van der Waals surface area (Å²) < 4.78 is 54.8. The van der Waals surface area contributed by atoms with Gasteiger partial charge in [-0.3, -0.25) is 19.4 Å². The van der Waals surface area contributed by atoms with Gasteiger partial charge in [0.1, 0.15) is 22.3 Å². The second-order valence-electron chi connectivity index (χ2n) is 11.0. The molecule has 0 saturated carbocycles. The second-order valence-corrected chi connectivity index (χ2v) is 12.2. The molecule has 3 heterocycles. The highest BCUT2D eigenvalue weighted by atomic mass is 32.1. The molecular weight excluding hydrogens is 600 g/mol. The number of hydrogen-bond donors (Lipinski definition) is 1. The van der Waals surface area contributed by atoms with Gasteiger partial charge >= 0.3 is 12.1 Å². The number of benzene rings is 1. The van der Waals surface area contributed by atoms with Crippen LogP contribution in [0, 0.1) is 5.82 Å². The summed E-state index contributed by atoms with van der Waals surface area (Å²) in [6, 6.07) is 2.53. The third-order valence-electron chi connectivity index (χ3n) is 7.40. The number of alkyl halides is 3. The fourth-order valence-electron chi connectivity index (χ4n) is 5.00. The third kappa shape index (κ3) is 8.79. The lowest BCUT2D eigenvalue weighted by atomic mass is 10.1. The highest BCUT2D eigenvalue weighted by Crippen LogP contribution is 2.36. The zero-order valence-electron chi connectivity index (χ0n) is 24.9. The fraction of sp³-hybridized carbons (Fsp3) is 0.500. The van der Waals surface area contributed by atoms with Crippen molar-refractivity contribution in [3.63, 3.8) is 0 Å². The normalized spacial score (nSPS) is 14.5. The van der Waals surface area contributed by atoms with E-state index in [4.69, 9.17) is 5.11 Å². The molecule has 14 heteroatoms.